The first kappa shape index (κ1) is 15.8. The molecule has 3 saturated carbocycles. The maximum Gasteiger partial charge on any atom is 0.317 e. The van der Waals surface area contributed by atoms with E-state index in [1.807, 2.05) is 11.8 Å². The number of carbonyl (C=O) groups is 2. The van der Waals surface area contributed by atoms with Gasteiger partial charge in [0.1, 0.15) is 0 Å². The highest BCUT2D eigenvalue weighted by molar-refractivity contribution is 5.76. The molecule has 0 spiro atoms. The molecule has 0 heterocycles. The summed E-state index contributed by atoms with van der Waals surface area (Å²) in [5.41, 5.74) is 0. The number of carbonyl (C=O) groups excluding carboxylic acids is 1. The molecule has 0 saturated heterocycles. The summed E-state index contributed by atoms with van der Waals surface area (Å²) in [6.45, 7) is 2.85. The number of rotatable bonds is 7. The van der Waals surface area contributed by atoms with Crippen LogP contribution in [0.25, 0.3) is 0 Å². The van der Waals surface area contributed by atoms with Crippen LogP contribution in [0.15, 0.2) is 0 Å². The van der Waals surface area contributed by atoms with Crippen LogP contribution in [0.2, 0.25) is 0 Å². The van der Waals surface area contributed by atoms with Crippen LogP contribution in [0.1, 0.15) is 51.9 Å². The van der Waals surface area contributed by atoms with Crippen molar-refractivity contribution in [1.29, 1.82) is 0 Å². The Morgan fingerprint density at radius 2 is 1.95 bits per heavy atom. The number of likely N-dealkylation sites (N-methyl/N-ethyl adjacent to an activating group) is 1. The lowest BCUT2D eigenvalue weighted by molar-refractivity contribution is -0.139. The summed E-state index contributed by atoms with van der Waals surface area (Å²) in [6.07, 6.45) is 7.80. The summed E-state index contributed by atoms with van der Waals surface area (Å²) in [4.78, 5) is 25.0. The lowest BCUT2D eigenvalue weighted by Crippen LogP contribution is -2.55. The lowest BCUT2D eigenvalue weighted by Gasteiger charge is -2.42. The first-order chi connectivity index (χ1) is 10.5. The number of carboxylic acids is 1. The van der Waals surface area contributed by atoms with Crippen molar-refractivity contribution in [3.05, 3.63) is 0 Å². The highest BCUT2D eigenvalue weighted by atomic mass is 16.4. The fourth-order valence-electron chi connectivity index (χ4n) is 4.83. The Morgan fingerprint density at radius 3 is 2.50 bits per heavy atom. The molecule has 1 amide bonds. The van der Waals surface area contributed by atoms with Gasteiger partial charge in [0.25, 0.3) is 0 Å². The predicted octanol–water partition coefficient (Wildman–Crippen LogP) is 1.87. The van der Waals surface area contributed by atoms with E-state index in [0.717, 1.165) is 31.2 Å². The second kappa shape index (κ2) is 6.57. The second-order valence-electron chi connectivity index (χ2n) is 7.49. The van der Waals surface area contributed by atoms with Crippen LogP contribution in [0.5, 0.6) is 0 Å². The van der Waals surface area contributed by atoms with Gasteiger partial charge in [-0.1, -0.05) is 13.3 Å². The van der Waals surface area contributed by atoms with Crippen molar-refractivity contribution in [3.63, 3.8) is 0 Å². The minimum Gasteiger partial charge on any atom is -0.480 e. The maximum atomic E-state index is 12.2. The van der Waals surface area contributed by atoms with Crippen LogP contribution in [0, 0.1) is 17.8 Å². The number of hydrogen-bond donors (Lipinski definition) is 2. The standard InChI is InChI=1S/C17H28N2O3/c1-2-19(10-17(21)22)15-8-14(9-15)18-16(20)7-13-6-11-3-4-12(13)5-11/h11-15H,2-10H2,1H3,(H,18,20)(H,21,22). The van der Waals surface area contributed by atoms with E-state index in [0.29, 0.717) is 18.4 Å². The fraction of sp³-hybridized carbons (Fsp3) is 0.882. The molecule has 3 rings (SSSR count). The number of carboxylic acid groups (broad SMARTS) is 1. The zero-order valence-electron chi connectivity index (χ0n) is 13.5. The lowest BCUT2D eigenvalue weighted by atomic mass is 9.84. The SMILES string of the molecule is CCN(CC(=O)O)C1CC(NC(=O)CC2CC3CCC2C3)C1. The zero-order chi connectivity index (χ0) is 15.7. The number of fused-ring (bicyclic) bond motifs is 2. The molecule has 3 atom stereocenters. The molecular formula is C17H28N2O3. The molecule has 3 fully saturated rings. The minimum absolute atomic E-state index is 0.104. The number of aliphatic carboxylic acids is 1. The van der Waals surface area contributed by atoms with Gasteiger partial charge in [0.15, 0.2) is 0 Å². The molecule has 22 heavy (non-hydrogen) atoms. The van der Waals surface area contributed by atoms with E-state index in [9.17, 15) is 9.59 Å². The first-order valence-corrected chi connectivity index (χ1v) is 8.80. The minimum atomic E-state index is -0.773. The number of hydrogen-bond acceptors (Lipinski definition) is 3. The van der Waals surface area contributed by atoms with Gasteiger partial charge in [-0.25, -0.2) is 0 Å². The molecule has 0 aliphatic heterocycles. The van der Waals surface area contributed by atoms with E-state index in [4.69, 9.17) is 5.11 Å². The topological polar surface area (TPSA) is 69.6 Å². The quantitative estimate of drug-likeness (QED) is 0.753. The summed E-state index contributed by atoms with van der Waals surface area (Å²) in [6, 6.07) is 0.563. The Bertz CT molecular complexity index is 434. The third-order valence-corrected chi connectivity index (χ3v) is 6.07. The molecule has 3 aliphatic rings. The van der Waals surface area contributed by atoms with Crippen LogP contribution >= 0.6 is 0 Å². The molecule has 3 unspecified atom stereocenters. The van der Waals surface area contributed by atoms with Crippen molar-refractivity contribution < 1.29 is 14.7 Å². The van der Waals surface area contributed by atoms with Crippen molar-refractivity contribution in [3.8, 4) is 0 Å². The number of amides is 1. The monoisotopic (exact) mass is 308 g/mol. The molecule has 3 aliphatic carbocycles. The molecule has 5 heteroatoms. The van der Waals surface area contributed by atoms with E-state index in [1.54, 1.807) is 0 Å². The van der Waals surface area contributed by atoms with E-state index in [-0.39, 0.29) is 18.5 Å². The van der Waals surface area contributed by atoms with E-state index < -0.39 is 5.97 Å². The largest absolute Gasteiger partial charge is 0.480 e. The fourth-order valence-corrected chi connectivity index (χ4v) is 4.83. The van der Waals surface area contributed by atoms with Gasteiger partial charge in [-0.2, -0.15) is 0 Å². The van der Waals surface area contributed by atoms with Crippen molar-refractivity contribution in [2.75, 3.05) is 13.1 Å². The second-order valence-corrected chi connectivity index (χ2v) is 7.49. The first-order valence-electron chi connectivity index (χ1n) is 8.80. The van der Waals surface area contributed by atoms with Gasteiger partial charge in [-0.15, -0.1) is 0 Å². The Morgan fingerprint density at radius 1 is 1.18 bits per heavy atom. The molecule has 0 aromatic heterocycles. The number of nitrogens with one attached hydrogen (secondary N) is 1. The third-order valence-electron chi connectivity index (χ3n) is 6.07. The summed E-state index contributed by atoms with van der Waals surface area (Å²) in [7, 11) is 0. The third kappa shape index (κ3) is 3.45. The van der Waals surface area contributed by atoms with Crippen LogP contribution in [0.4, 0.5) is 0 Å². The Kier molecular flexibility index (Phi) is 4.71. The van der Waals surface area contributed by atoms with Crippen molar-refractivity contribution in [2.45, 2.75) is 64.0 Å². The van der Waals surface area contributed by atoms with Crippen LogP contribution < -0.4 is 5.32 Å². The van der Waals surface area contributed by atoms with E-state index in [1.165, 1.54) is 25.7 Å². The van der Waals surface area contributed by atoms with Crippen molar-refractivity contribution in [1.82, 2.24) is 10.2 Å². The van der Waals surface area contributed by atoms with Crippen LogP contribution in [-0.4, -0.2) is 47.1 Å². The van der Waals surface area contributed by atoms with Crippen molar-refractivity contribution >= 4 is 11.9 Å². The predicted molar refractivity (Wildman–Crippen MR) is 83.4 cm³/mol. The summed E-state index contributed by atoms with van der Waals surface area (Å²) in [5.74, 6) is 1.75. The molecule has 2 N–H and O–H groups in total. The van der Waals surface area contributed by atoms with Gasteiger partial charge in [0.2, 0.25) is 5.91 Å². The Balaban J connectivity index is 1.36. The summed E-state index contributed by atoms with van der Waals surface area (Å²) >= 11 is 0. The molecule has 0 aromatic rings. The van der Waals surface area contributed by atoms with Crippen LogP contribution in [-0.2, 0) is 9.59 Å². The van der Waals surface area contributed by atoms with Gasteiger partial charge in [-0.05, 0) is 56.4 Å². The number of nitrogens with zero attached hydrogens (tertiary/aromatic N) is 1. The average molecular weight is 308 g/mol. The van der Waals surface area contributed by atoms with E-state index in [2.05, 4.69) is 5.32 Å². The smallest absolute Gasteiger partial charge is 0.317 e. The highest BCUT2D eigenvalue weighted by Crippen LogP contribution is 2.49. The zero-order valence-corrected chi connectivity index (χ0v) is 13.5. The summed E-state index contributed by atoms with van der Waals surface area (Å²) in [5, 5.41) is 12.0. The maximum absolute atomic E-state index is 12.2. The van der Waals surface area contributed by atoms with Gasteiger partial charge >= 0.3 is 5.97 Å². The van der Waals surface area contributed by atoms with Crippen LogP contribution in [0.3, 0.4) is 0 Å². The van der Waals surface area contributed by atoms with Gasteiger partial charge in [0.05, 0.1) is 6.54 Å². The molecule has 124 valence electrons. The normalized spacial score (nSPS) is 36.4. The average Bonchev–Trinajstić information content (AvgIpc) is 3.02. The van der Waals surface area contributed by atoms with Gasteiger partial charge in [0, 0.05) is 18.5 Å². The molecule has 0 aromatic carbocycles. The van der Waals surface area contributed by atoms with Gasteiger partial charge < -0.3 is 10.4 Å². The summed E-state index contributed by atoms with van der Waals surface area (Å²) < 4.78 is 0. The highest BCUT2D eigenvalue weighted by Gasteiger charge is 2.41. The van der Waals surface area contributed by atoms with Gasteiger partial charge in [-0.3, -0.25) is 14.5 Å². The Labute approximate surface area is 132 Å². The molecule has 0 radical (unpaired) electrons. The molecular weight excluding hydrogens is 280 g/mol. The Hall–Kier alpha value is -1.10. The molecule has 5 nitrogen and oxygen atoms in total. The molecule has 2 bridgehead atoms. The van der Waals surface area contributed by atoms with E-state index >= 15 is 0 Å². The van der Waals surface area contributed by atoms with Crippen molar-refractivity contribution in [2.24, 2.45) is 17.8 Å².